The highest BCUT2D eigenvalue weighted by atomic mass is 16.6. The summed E-state index contributed by atoms with van der Waals surface area (Å²) < 4.78 is 5.24. The van der Waals surface area contributed by atoms with Gasteiger partial charge in [-0.1, -0.05) is 6.07 Å². The van der Waals surface area contributed by atoms with Gasteiger partial charge in [0.15, 0.2) is 0 Å². The van der Waals surface area contributed by atoms with Gasteiger partial charge in [-0.3, -0.25) is 4.79 Å². The van der Waals surface area contributed by atoms with E-state index in [1.165, 1.54) is 0 Å². The van der Waals surface area contributed by atoms with Crippen LogP contribution in [0.3, 0.4) is 0 Å². The number of esters is 1. The van der Waals surface area contributed by atoms with Crippen molar-refractivity contribution in [3.8, 4) is 0 Å². The van der Waals surface area contributed by atoms with Crippen molar-refractivity contribution in [1.82, 2.24) is 0 Å². The zero-order chi connectivity index (χ0) is 17.6. The minimum absolute atomic E-state index is 0.0965. The smallest absolute Gasteiger partial charge is 0.309 e. The molecular formula is C17H29N3O3. The molecule has 1 aromatic rings. The van der Waals surface area contributed by atoms with E-state index in [9.17, 15) is 9.90 Å². The summed E-state index contributed by atoms with van der Waals surface area (Å²) in [4.78, 5) is 11.9. The van der Waals surface area contributed by atoms with Crippen LogP contribution in [0.4, 0.5) is 11.4 Å². The number of hydrogen-bond donors (Lipinski definition) is 4. The third-order valence-electron chi connectivity index (χ3n) is 3.29. The lowest BCUT2D eigenvalue weighted by Gasteiger charge is -2.26. The number of ether oxygens (including phenoxy) is 1. The number of hydrogen-bond acceptors (Lipinski definition) is 6. The average Bonchev–Trinajstić information content (AvgIpc) is 2.38. The van der Waals surface area contributed by atoms with Crippen LogP contribution < -0.4 is 16.8 Å². The molecule has 1 rings (SSSR count). The molecule has 130 valence electrons. The second kappa shape index (κ2) is 8.17. The SMILES string of the molecule is Cc1ccc(N[C@@H](CCN)[C@@H](O)CC(=O)OC(C)(C)C)c(N)c1. The first-order chi connectivity index (χ1) is 10.6. The van der Waals surface area contributed by atoms with Crippen LogP contribution >= 0.6 is 0 Å². The van der Waals surface area contributed by atoms with Gasteiger partial charge in [0.1, 0.15) is 5.60 Å². The van der Waals surface area contributed by atoms with E-state index in [0.717, 1.165) is 11.3 Å². The quantitative estimate of drug-likeness (QED) is 0.450. The van der Waals surface area contributed by atoms with E-state index in [1.54, 1.807) is 20.8 Å². The maximum atomic E-state index is 11.9. The predicted molar refractivity (Wildman–Crippen MR) is 93.1 cm³/mol. The fourth-order valence-electron chi connectivity index (χ4n) is 2.25. The monoisotopic (exact) mass is 323 g/mol. The van der Waals surface area contributed by atoms with Crippen LogP contribution in [0, 0.1) is 6.92 Å². The van der Waals surface area contributed by atoms with E-state index in [4.69, 9.17) is 16.2 Å². The molecule has 0 bridgehead atoms. The number of benzene rings is 1. The number of carbonyl (C=O) groups is 1. The molecule has 23 heavy (non-hydrogen) atoms. The molecule has 0 unspecified atom stereocenters. The Morgan fingerprint density at radius 1 is 1.39 bits per heavy atom. The molecule has 0 aliphatic heterocycles. The van der Waals surface area contributed by atoms with E-state index in [0.29, 0.717) is 18.7 Å². The maximum absolute atomic E-state index is 11.9. The summed E-state index contributed by atoms with van der Waals surface area (Å²) in [6.07, 6.45) is -0.494. The fourth-order valence-corrected chi connectivity index (χ4v) is 2.25. The van der Waals surface area contributed by atoms with Crippen molar-refractivity contribution in [2.75, 3.05) is 17.6 Å². The largest absolute Gasteiger partial charge is 0.460 e. The summed E-state index contributed by atoms with van der Waals surface area (Å²) in [6, 6.07) is 5.26. The Balaban J connectivity index is 2.74. The molecule has 6 heteroatoms. The first-order valence-electron chi connectivity index (χ1n) is 7.85. The number of nitrogen functional groups attached to an aromatic ring is 1. The van der Waals surface area contributed by atoms with Crippen molar-refractivity contribution < 1.29 is 14.6 Å². The summed E-state index contributed by atoms with van der Waals surface area (Å²) >= 11 is 0. The Morgan fingerprint density at radius 2 is 2.04 bits per heavy atom. The third kappa shape index (κ3) is 6.88. The molecule has 0 aromatic heterocycles. The van der Waals surface area contributed by atoms with Gasteiger partial charge in [0.2, 0.25) is 0 Å². The molecular weight excluding hydrogens is 294 g/mol. The summed E-state index contributed by atoms with van der Waals surface area (Å²) in [5.41, 5.74) is 13.4. The first-order valence-corrected chi connectivity index (χ1v) is 7.85. The second-order valence-electron chi connectivity index (χ2n) is 6.78. The Hall–Kier alpha value is -1.79. The molecule has 0 saturated carbocycles. The van der Waals surface area contributed by atoms with Gasteiger partial charge in [-0.05, 0) is 58.4 Å². The number of rotatable bonds is 7. The summed E-state index contributed by atoms with van der Waals surface area (Å²) in [7, 11) is 0. The van der Waals surface area contributed by atoms with Crippen molar-refractivity contribution >= 4 is 17.3 Å². The number of nitrogens with two attached hydrogens (primary N) is 2. The highest BCUT2D eigenvalue weighted by molar-refractivity contribution is 5.71. The average molecular weight is 323 g/mol. The fraction of sp³-hybridized carbons (Fsp3) is 0.588. The van der Waals surface area contributed by atoms with Crippen LogP contribution in [0.5, 0.6) is 0 Å². The lowest BCUT2D eigenvalue weighted by Crippen LogP contribution is -2.38. The van der Waals surface area contributed by atoms with Crippen molar-refractivity contribution in [1.29, 1.82) is 0 Å². The summed E-state index contributed by atoms with van der Waals surface area (Å²) in [5.74, 6) is -0.439. The van der Waals surface area contributed by atoms with E-state index in [1.807, 2.05) is 25.1 Å². The number of anilines is 2. The molecule has 0 fully saturated rings. The summed E-state index contributed by atoms with van der Waals surface area (Å²) in [5, 5.41) is 13.5. The maximum Gasteiger partial charge on any atom is 0.309 e. The van der Waals surface area contributed by atoms with E-state index < -0.39 is 17.7 Å². The van der Waals surface area contributed by atoms with Crippen LogP contribution in [0.1, 0.15) is 39.2 Å². The van der Waals surface area contributed by atoms with Gasteiger partial charge in [-0.25, -0.2) is 0 Å². The molecule has 0 heterocycles. The first kappa shape index (κ1) is 19.3. The molecule has 1 aromatic carbocycles. The Kier molecular flexibility index (Phi) is 6.84. The summed E-state index contributed by atoms with van der Waals surface area (Å²) in [6.45, 7) is 7.71. The minimum Gasteiger partial charge on any atom is -0.460 e. The molecule has 6 nitrogen and oxygen atoms in total. The molecule has 0 radical (unpaired) electrons. The van der Waals surface area contributed by atoms with E-state index >= 15 is 0 Å². The standard InChI is InChI=1S/C17H29N3O3/c1-11-5-6-13(12(19)9-11)20-14(7-8-18)15(21)10-16(22)23-17(2,3)4/h5-6,9,14-15,20-21H,7-8,10,18-19H2,1-4H3/t14-,15-/m0/s1. The van der Waals surface area contributed by atoms with Crippen molar-refractivity contribution in [2.24, 2.45) is 5.73 Å². The number of aryl methyl sites for hydroxylation is 1. The van der Waals surface area contributed by atoms with Crippen LogP contribution in [-0.2, 0) is 9.53 Å². The topological polar surface area (TPSA) is 111 Å². The minimum atomic E-state index is -0.908. The van der Waals surface area contributed by atoms with Crippen LogP contribution in [0.2, 0.25) is 0 Å². The Morgan fingerprint density at radius 3 is 2.57 bits per heavy atom. The van der Waals surface area contributed by atoms with Gasteiger partial charge in [0.05, 0.1) is 29.9 Å². The third-order valence-corrected chi connectivity index (χ3v) is 3.29. The van der Waals surface area contributed by atoms with Gasteiger partial charge in [-0.15, -0.1) is 0 Å². The molecule has 0 spiro atoms. The predicted octanol–water partition coefficient (Wildman–Crippen LogP) is 1.80. The van der Waals surface area contributed by atoms with Gasteiger partial charge < -0.3 is 26.6 Å². The Bertz CT molecular complexity index is 526. The van der Waals surface area contributed by atoms with E-state index in [-0.39, 0.29) is 12.5 Å². The molecule has 0 aliphatic rings. The van der Waals surface area contributed by atoms with Crippen LogP contribution in [-0.4, -0.2) is 35.4 Å². The number of carbonyl (C=O) groups excluding carboxylic acids is 1. The van der Waals surface area contributed by atoms with Gasteiger partial charge in [0, 0.05) is 0 Å². The van der Waals surface area contributed by atoms with Crippen LogP contribution in [0.25, 0.3) is 0 Å². The molecule has 2 atom stereocenters. The van der Waals surface area contributed by atoms with Crippen molar-refractivity contribution in [2.45, 2.75) is 58.3 Å². The lowest BCUT2D eigenvalue weighted by molar-refractivity contribution is -0.157. The van der Waals surface area contributed by atoms with Crippen molar-refractivity contribution in [3.63, 3.8) is 0 Å². The molecule has 0 amide bonds. The lowest BCUT2D eigenvalue weighted by atomic mass is 10.0. The molecule has 0 aliphatic carbocycles. The van der Waals surface area contributed by atoms with E-state index in [2.05, 4.69) is 5.32 Å². The van der Waals surface area contributed by atoms with Gasteiger partial charge in [-0.2, -0.15) is 0 Å². The normalized spacial score (nSPS) is 14.2. The van der Waals surface area contributed by atoms with Gasteiger partial charge in [0.25, 0.3) is 0 Å². The van der Waals surface area contributed by atoms with Crippen molar-refractivity contribution in [3.05, 3.63) is 23.8 Å². The Labute approximate surface area is 138 Å². The van der Waals surface area contributed by atoms with Gasteiger partial charge >= 0.3 is 5.97 Å². The highest BCUT2D eigenvalue weighted by Gasteiger charge is 2.25. The number of nitrogens with one attached hydrogen (secondary N) is 1. The highest BCUT2D eigenvalue weighted by Crippen LogP contribution is 2.22. The zero-order valence-electron chi connectivity index (χ0n) is 14.4. The second-order valence-corrected chi connectivity index (χ2v) is 6.78. The van der Waals surface area contributed by atoms with Crippen LogP contribution in [0.15, 0.2) is 18.2 Å². The zero-order valence-corrected chi connectivity index (χ0v) is 14.4. The molecule has 6 N–H and O–H groups in total. The number of aliphatic hydroxyl groups is 1. The molecule has 0 saturated heterocycles. The number of aliphatic hydroxyl groups excluding tert-OH is 1.